The minimum absolute atomic E-state index is 0.215. The summed E-state index contributed by atoms with van der Waals surface area (Å²) in [5, 5.41) is 0. The van der Waals surface area contributed by atoms with E-state index in [1.807, 2.05) is 0 Å². The molecule has 1 heterocycles. The molecule has 1 saturated heterocycles. The van der Waals surface area contributed by atoms with Crippen molar-refractivity contribution in [3.8, 4) is 0 Å². The van der Waals surface area contributed by atoms with Crippen LogP contribution < -0.4 is 0 Å². The quantitative estimate of drug-likeness (QED) is 0.482. The van der Waals surface area contributed by atoms with E-state index in [-0.39, 0.29) is 11.5 Å². The van der Waals surface area contributed by atoms with Gasteiger partial charge in [0.2, 0.25) is 0 Å². The predicted octanol–water partition coefficient (Wildman–Crippen LogP) is 2.28. The molecule has 0 aliphatic carbocycles. The Morgan fingerprint density at radius 1 is 1.33 bits per heavy atom. The van der Waals surface area contributed by atoms with Gasteiger partial charge < -0.3 is 4.74 Å². The van der Waals surface area contributed by atoms with Gasteiger partial charge in [0, 0.05) is 25.0 Å². The molecule has 1 amide bonds. The number of β-lactam (4-membered cyclic amide) rings is 1. The highest BCUT2D eigenvalue weighted by molar-refractivity contribution is 7.96. The van der Waals surface area contributed by atoms with Gasteiger partial charge in [0.1, 0.15) is 11.9 Å². The number of carbonyl (C=O) groups is 1. The number of benzene rings is 1. The molecule has 7 heteroatoms. The highest BCUT2D eigenvalue weighted by Gasteiger charge is 2.50. The first-order chi connectivity index (χ1) is 8.51. The minimum Gasteiger partial charge on any atom is -0.369 e. The van der Waals surface area contributed by atoms with Crippen LogP contribution in [-0.2, 0) is 9.53 Å². The maximum absolute atomic E-state index is 13.7. The molecule has 1 aromatic rings. The smallest absolute Gasteiger partial charge is 0.264 e. The number of nitrogens with zero attached hydrogens (tertiary/aromatic N) is 1. The summed E-state index contributed by atoms with van der Waals surface area (Å²) in [7, 11) is 1.29. The van der Waals surface area contributed by atoms with Crippen LogP contribution in [0.4, 0.5) is 13.2 Å². The fraction of sp³-hybridized carbons (Fsp3) is 0.364. The van der Waals surface area contributed by atoms with Crippen molar-refractivity contribution in [3.05, 3.63) is 35.1 Å². The van der Waals surface area contributed by atoms with Crippen LogP contribution in [0.3, 0.4) is 0 Å². The molecule has 1 fully saturated rings. The molecule has 98 valence electrons. The maximum atomic E-state index is 13.7. The van der Waals surface area contributed by atoms with E-state index in [2.05, 4.69) is 0 Å². The highest BCUT2D eigenvalue weighted by atomic mass is 32.2. The van der Waals surface area contributed by atoms with E-state index in [4.69, 9.17) is 4.74 Å². The van der Waals surface area contributed by atoms with Crippen molar-refractivity contribution in [2.45, 2.75) is 12.1 Å². The Kier molecular flexibility index (Phi) is 3.54. The minimum atomic E-state index is -1.28. The van der Waals surface area contributed by atoms with Gasteiger partial charge in [-0.3, -0.25) is 9.10 Å². The molecule has 1 aromatic carbocycles. The summed E-state index contributed by atoms with van der Waals surface area (Å²) in [6.07, 6.45) is 0.706. The largest absolute Gasteiger partial charge is 0.369 e. The first kappa shape index (κ1) is 13.2. The van der Waals surface area contributed by atoms with Crippen LogP contribution in [0.15, 0.2) is 12.1 Å². The summed E-state index contributed by atoms with van der Waals surface area (Å²) in [5.41, 5.74) is -0.215. The Morgan fingerprint density at radius 2 is 2.00 bits per heavy atom. The van der Waals surface area contributed by atoms with E-state index in [9.17, 15) is 18.0 Å². The van der Waals surface area contributed by atoms with Gasteiger partial charge in [0.25, 0.3) is 5.91 Å². The lowest BCUT2D eigenvalue weighted by molar-refractivity contribution is -0.158. The zero-order valence-corrected chi connectivity index (χ0v) is 10.4. The van der Waals surface area contributed by atoms with Gasteiger partial charge in [-0.2, -0.15) is 0 Å². The lowest BCUT2D eigenvalue weighted by Crippen LogP contribution is -2.56. The third-order valence-electron chi connectivity index (χ3n) is 2.79. The van der Waals surface area contributed by atoms with Crippen molar-refractivity contribution >= 4 is 17.9 Å². The van der Waals surface area contributed by atoms with Crippen LogP contribution in [0.1, 0.15) is 11.6 Å². The van der Waals surface area contributed by atoms with Crippen LogP contribution >= 0.6 is 11.9 Å². The van der Waals surface area contributed by atoms with Gasteiger partial charge in [-0.15, -0.1) is 0 Å². The zero-order valence-electron chi connectivity index (χ0n) is 9.62. The number of carbonyl (C=O) groups excluding carboxylic acids is 1. The number of hydrogen-bond acceptors (Lipinski definition) is 3. The van der Waals surface area contributed by atoms with Gasteiger partial charge in [0.05, 0.1) is 0 Å². The summed E-state index contributed by atoms with van der Waals surface area (Å²) < 4.78 is 46.1. The van der Waals surface area contributed by atoms with Crippen LogP contribution in [0.5, 0.6) is 0 Å². The Bertz CT molecular complexity index is 483. The van der Waals surface area contributed by atoms with Crippen molar-refractivity contribution in [2.24, 2.45) is 0 Å². The monoisotopic (exact) mass is 277 g/mol. The highest BCUT2D eigenvalue weighted by Crippen LogP contribution is 2.42. The molecule has 0 radical (unpaired) electrons. The van der Waals surface area contributed by atoms with Crippen molar-refractivity contribution in [1.82, 2.24) is 4.31 Å². The van der Waals surface area contributed by atoms with Gasteiger partial charge in [-0.25, -0.2) is 13.2 Å². The van der Waals surface area contributed by atoms with Crippen LogP contribution in [0.2, 0.25) is 0 Å². The molecular weight excluding hydrogens is 267 g/mol. The summed E-state index contributed by atoms with van der Waals surface area (Å²) in [6.45, 7) is 0. The molecule has 2 unspecified atom stereocenters. The van der Waals surface area contributed by atoms with Crippen molar-refractivity contribution < 1.29 is 22.7 Å². The second kappa shape index (κ2) is 4.81. The maximum Gasteiger partial charge on any atom is 0.264 e. The molecule has 0 spiro atoms. The van der Waals surface area contributed by atoms with Crippen molar-refractivity contribution in [3.63, 3.8) is 0 Å². The standard InChI is InChI=1S/C11H10F3NO2S/c1-17-10-9(15(18-2)11(10)16)6-3-5(12)4-7(13)8(6)14/h3-4,9-10H,1-2H3. The van der Waals surface area contributed by atoms with E-state index >= 15 is 0 Å². The topological polar surface area (TPSA) is 29.5 Å². The molecule has 2 rings (SSSR count). The Morgan fingerprint density at radius 3 is 2.56 bits per heavy atom. The number of rotatable bonds is 3. The van der Waals surface area contributed by atoms with E-state index < -0.39 is 29.6 Å². The van der Waals surface area contributed by atoms with Gasteiger partial charge in [0.15, 0.2) is 17.7 Å². The van der Waals surface area contributed by atoms with Crippen LogP contribution in [0.25, 0.3) is 0 Å². The average molecular weight is 277 g/mol. The molecular formula is C11H10F3NO2S. The van der Waals surface area contributed by atoms with Crippen molar-refractivity contribution in [2.75, 3.05) is 13.4 Å². The molecule has 0 bridgehead atoms. The molecule has 0 aromatic heterocycles. The Balaban J connectivity index is 2.44. The van der Waals surface area contributed by atoms with Gasteiger partial charge in [-0.1, -0.05) is 11.9 Å². The second-order valence-corrected chi connectivity index (χ2v) is 4.50. The average Bonchev–Trinajstić information content (AvgIpc) is 2.32. The fourth-order valence-corrected chi connectivity index (χ4v) is 2.69. The second-order valence-electron chi connectivity index (χ2n) is 3.74. The first-order valence-corrected chi connectivity index (χ1v) is 6.23. The number of hydrogen-bond donors (Lipinski definition) is 0. The van der Waals surface area contributed by atoms with E-state index in [0.717, 1.165) is 18.0 Å². The summed E-state index contributed by atoms with van der Waals surface area (Å²) in [4.78, 5) is 11.6. The molecule has 0 N–H and O–H groups in total. The lowest BCUT2D eigenvalue weighted by atomic mass is 9.93. The van der Waals surface area contributed by atoms with Crippen LogP contribution in [-0.4, -0.2) is 29.7 Å². The molecule has 2 atom stereocenters. The number of methoxy groups -OCH3 is 1. The summed E-state index contributed by atoms with van der Waals surface area (Å²) in [5.74, 6) is -3.67. The van der Waals surface area contributed by atoms with Crippen LogP contribution in [0, 0.1) is 17.5 Å². The molecule has 18 heavy (non-hydrogen) atoms. The van der Waals surface area contributed by atoms with Gasteiger partial charge >= 0.3 is 0 Å². The third-order valence-corrected chi connectivity index (χ3v) is 3.59. The third kappa shape index (κ3) is 1.87. The zero-order chi connectivity index (χ0) is 13.4. The summed E-state index contributed by atoms with van der Waals surface area (Å²) in [6, 6.07) is 0.526. The Hall–Kier alpha value is -1.21. The predicted molar refractivity (Wildman–Crippen MR) is 60.2 cm³/mol. The normalized spacial score (nSPS) is 23.2. The molecule has 1 aliphatic rings. The molecule has 1 aliphatic heterocycles. The fourth-order valence-electron chi connectivity index (χ4n) is 1.95. The SMILES string of the molecule is COC1C(=O)N(SC)C1c1cc(F)cc(F)c1F. The number of ether oxygens (including phenoxy) is 1. The molecule has 3 nitrogen and oxygen atoms in total. The van der Waals surface area contributed by atoms with E-state index in [0.29, 0.717) is 6.07 Å². The van der Waals surface area contributed by atoms with E-state index in [1.165, 1.54) is 11.4 Å². The van der Waals surface area contributed by atoms with E-state index in [1.54, 1.807) is 6.26 Å². The Labute approximate surface area is 106 Å². The number of amides is 1. The lowest BCUT2D eigenvalue weighted by Gasteiger charge is -2.44. The number of halogens is 3. The molecule has 0 saturated carbocycles. The first-order valence-electron chi connectivity index (χ1n) is 5.05. The van der Waals surface area contributed by atoms with Gasteiger partial charge in [-0.05, 0) is 6.07 Å². The van der Waals surface area contributed by atoms with Crippen molar-refractivity contribution in [1.29, 1.82) is 0 Å². The summed E-state index contributed by atoms with van der Waals surface area (Å²) >= 11 is 1.05.